The fourth-order valence-electron chi connectivity index (χ4n) is 4.32. The Labute approximate surface area is 188 Å². The molecule has 0 aromatic heterocycles. The second-order valence-electron chi connectivity index (χ2n) is 8.24. The normalized spacial score (nSPS) is 20.1. The molecule has 1 aliphatic carbocycles. The van der Waals surface area contributed by atoms with Gasteiger partial charge in [0.25, 0.3) is 5.91 Å². The summed E-state index contributed by atoms with van der Waals surface area (Å²) >= 11 is 1.67. The van der Waals surface area contributed by atoms with E-state index >= 15 is 0 Å². The van der Waals surface area contributed by atoms with Crippen molar-refractivity contribution in [3.63, 3.8) is 0 Å². The molecule has 0 spiro atoms. The zero-order chi connectivity index (χ0) is 21.6. The Morgan fingerprint density at radius 2 is 1.81 bits per heavy atom. The van der Waals surface area contributed by atoms with Crippen LogP contribution >= 0.6 is 11.8 Å². The SMILES string of the molecule is CCCc1ccc(OCc2ccc(C(=O)NC3=C(C#N)[C@@H]4CCCC[C@H]4S3)cc2)cc1. The lowest BCUT2D eigenvalue weighted by atomic mass is 9.84. The average molecular weight is 433 g/mol. The molecule has 160 valence electrons. The highest BCUT2D eigenvalue weighted by molar-refractivity contribution is 8.04. The summed E-state index contributed by atoms with van der Waals surface area (Å²) in [6.45, 7) is 2.63. The zero-order valence-corrected chi connectivity index (χ0v) is 18.7. The van der Waals surface area contributed by atoms with Crippen molar-refractivity contribution in [2.45, 2.75) is 57.3 Å². The Balaban J connectivity index is 1.34. The minimum atomic E-state index is -0.159. The van der Waals surface area contributed by atoms with E-state index in [2.05, 4.69) is 30.4 Å². The molecule has 1 N–H and O–H groups in total. The number of nitrogens with one attached hydrogen (secondary N) is 1. The maximum absolute atomic E-state index is 12.7. The Morgan fingerprint density at radius 3 is 2.52 bits per heavy atom. The molecule has 0 saturated heterocycles. The molecule has 4 rings (SSSR count). The van der Waals surface area contributed by atoms with E-state index in [1.54, 1.807) is 11.8 Å². The highest BCUT2D eigenvalue weighted by Gasteiger charge is 2.38. The van der Waals surface area contributed by atoms with Crippen molar-refractivity contribution in [3.05, 3.63) is 75.8 Å². The van der Waals surface area contributed by atoms with Gasteiger partial charge >= 0.3 is 0 Å². The number of amides is 1. The smallest absolute Gasteiger partial charge is 0.256 e. The van der Waals surface area contributed by atoms with Crippen LogP contribution in [0.3, 0.4) is 0 Å². The minimum Gasteiger partial charge on any atom is -0.489 e. The quantitative estimate of drug-likeness (QED) is 0.584. The van der Waals surface area contributed by atoms with Crippen LogP contribution in [0, 0.1) is 17.2 Å². The Hall–Kier alpha value is -2.71. The summed E-state index contributed by atoms with van der Waals surface area (Å²) in [5.74, 6) is 0.986. The number of allylic oxidation sites excluding steroid dienone is 1. The largest absolute Gasteiger partial charge is 0.489 e. The predicted molar refractivity (Wildman–Crippen MR) is 125 cm³/mol. The van der Waals surface area contributed by atoms with E-state index in [1.165, 1.54) is 18.4 Å². The highest BCUT2D eigenvalue weighted by atomic mass is 32.2. The first-order valence-corrected chi connectivity index (χ1v) is 12.0. The van der Waals surface area contributed by atoms with Crippen LogP contribution in [0.5, 0.6) is 5.75 Å². The van der Waals surface area contributed by atoms with E-state index in [-0.39, 0.29) is 5.91 Å². The lowest BCUT2D eigenvalue weighted by Gasteiger charge is -2.24. The maximum atomic E-state index is 12.7. The van der Waals surface area contributed by atoms with Gasteiger partial charge in [-0.3, -0.25) is 4.79 Å². The molecule has 0 radical (unpaired) electrons. The first kappa shape index (κ1) is 21.5. The Morgan fingerprint density at radius 1 is 1.10 bits per heavy atom. The van der Waals surface area contributed by atoms with Gasteiger partial charge < -0.3 is 10.1 Å². The number of carbonyl (C=O) groups excluding carboxylic acids is 1. The number of nitriles is 1. The zero-order valence-electron chi connectivity index (χ0n) is 17.9. The number of carbonyl (C=O) groups is 1. The minimum absolute atomic E-state index is 0.159. The van der Waals surface area contributed by atoms with Crippen molar-refractivity contribution in [1.82, 2.24) is 5.32 Å². The second kappa shape index (κ2) is 10.1. The summed E-state index contributed by atoms with van der Waals surface area (Å²) in [4.78, 5) is 12.7. The van der Waals surface area contributed by atoms with Gasteiger partial charge in [-0.2, -0.15) is 5.26 Å². The molecule has 2 atom stereocenters. The molecular weight excluding hydrogens is 404 g/mol. The molecule has 31 heavy (non-hydrogen) atoms. The van der Waals surface area contributed by atoms with E-state index in [0.29, 0.717) is 23.3 Å². The van der Waals surface area contributed by atoms with Crippen LogP contribution in [0.2, 0.25) is 0 Å². The summed E-state index contributed by atoms with van der Waals surface area (Å²) in [7, 11) is 0. The fraction of sp³-hybridized carbons (Fsp3) is 0.385. The van der Waals surface area contributed by atoms with Crippen LogP contribution in [0.25, 0.3) is 0 Å². The van der Waals surface area contributed by atoms with Crippen molar-refractivity contribution < 1.29 is 9.53 Å². The van der Waals surface area contributed by atoms with Gasteiger partial charge in [-0.1, -0.05) is 50.5 Å². The van der Waals surface area contributed by atoms with E-state index in [0.717, 1.165) is 47.6 Å². The topological polar surface area (TPSA) is 62.1 Å². The number of fused-ring (bicyclic) bond motifs is 1. The molecule has 2 aliphatic rings. The van der Waals surface area contributed by atoms with Gasteiger partial charge in [-0.05, 0) is 54.7 Å². The van der Waals surface area contributed by atoms with Crippen molar-refractivity contribution in [2.24, 2.45) is 5.92 Å². The number of hydrogen-bond donors (Lipinski definition) is 1. The molecule has 0 unspecified atom stereocenters. The number of hydrogen-bond acceptors (Lipinski definition) is 4. The van der Waals surface area contributed by atoms with Gasteiger partial charge in [0.1, 0.15) is 12.4 Å². The van der Waals surface area contributed by atoms with Gasteiger partial charge in [-0.25, -0.2) is 0 Å². The third-order valence-corrected chi connectivity index (χ3v) is 7.44. The predicted octanol–water partition coefficient (Wildman–Crippen LogP) is 5.99. The molecule has 1 aliphatic heterocycles. The van der Waals surface area contributed by atoms with Crippen molar-refractivity contribution in [3.8, 4) is 11.8 Å². The molecule has 2 aromatic carbocycles. The van der Waals surface area contributed by atoms with Gasteiger partial charge in [0.05, 0.1) is 16.7 Å². The van der Waals surface area contributed by atoms with Gasteiger partial charge in [0.15, 0.2) is 0 Å². The fourth-order valence-corrected chi connectivity index (χ4v) is 5.82. The number of nitrogens with zero attached hydrogens (tertiary/aromatic N) is 1. The number of thioether (sulfide) groups is 1. The van der Waals surface area contributed by atoms with Crippen molar-refractivity contribution >= 4 is 17.7 Å². The van der Waals surface area contributed by atoms with Crippen LogP contribution in [-0.2, 0) is 13.0 Å². The van der Waals surface area contributed by atoms with E-state index in [4.69, 9.17) is 4.74 Å². The first-order chi connectivity index (χ1) is 15.2. The van der Waals surface area contributed by atoms with Crippen LogP contribution in [-0.4, -0.2) is 11.2 Å². The number of rotatable bonds is 7. The molecule has 1 heterocycles. The molecule has 1 fully saturated rings. The lowest BCUT2D eigenvalue weighted by molar-refractivity contribution is 0.0968. The van der Waals surface area contributed by atoms with Crippen LogP contribution in [0.15, 0.2) is 59.1 Å². The molecule has 0 bridgehead atoms. The van der Waals surface area contributed by atoms with Gasteiger partial charge in [0.2, 0.25) is 0 Å². The molecule has 1 amide bonds. The first-order valence-electron chi connectivity index (χ1n) is 11.1. The summed E-state index contributed by atoms with van der Waals surface area (Å²) in [6.07, 6.45) is 6.76. The number of aryl methyl sites for hydroxylation is 1. The van der Waals surface area contributed by atoms with Crippen molar-refractivity contribution in [1.29, 1.82) is 5.26 Å². The van der Waals surface area contributed by atoms with E-state index in [1.807, 2.05) is 36.4 Å². The Kier molecular flexibility index (Phi) is 6.99. The molecule has 4 nitrogen and oxygen atoms in total. The third kappa shape index (κ3) is 5.14. The average Bonchev–Trinajstić information content (AvgIpc) is 3.16. The molecule has 1 saturated carbocycles. The lowest BCUT2D eigenvalue weighted by Crippen LogP contribution is -2.21. The van der Waals surface area contributed by atoms with E-state index in [9.17, 15) is 10.1 Å². The van der Waals surface area contributed by atoms with Crippen LogP contribution in [0.4, 0.5) is 0 Å². The summed E-state index contributed by atoms with van der Waals surface area (Å²) in [5.41, 5.74) is 3.68. The summed E-state index contributed by atoms with van der Waals surface area (Å²) in [5, 5.41) is 13.8. The third-order valence-electron chi connectivity index (χ3n) is 6.02. The molecular formula is C26H28N2O2S. The highest BCUT2D eigenvalue weighted by Crippen LogP contribution is 2.47. The van der Waals surface area contributed by atoms with Crippen molar-refractivity contribution in [2.75, 3.05) is 0 Å². The van der Waals surface area contributed by atoms with Crippen LogP contribution in [0.1, 0.15) is 60.5 Å². The summed E-state index contributed by atoms with van der Waals surface area (Å²) < 4.78 is 5.87. The van der Waals surface area contributed by atoms with Gasteiger partial charge in [-0.15, -0.1) is 11.8 Å². The number of ether oxygens (including phenoxy) is 1. The van der Waals surface area contributed by atoms with Crippen LogP contribution < -0.4 is 10.1 Å². The molecule has 5 heteroatoms. The second-order valence-corrected chi connectivity index (χ2v) is 9.48. The molecule has 2 aromatic rings. The number of benzene rings is 2. The van der Waals surface area contributed by atoms with Gasteiger partial charge in [0, 0.05) is 16.7 Å². The monoisotopic (exact) mass is 432 g/mol. The standard InChI is InChI=1S/C26H28N2O2S/c1-2-5-18-10-14-21(15-11-18)30-17-19-8-12-20(13-9-19)25(29)28-26-23(16-27)22-6-3-4-7-24(22)31-26/h8-15,22,24H,2-7,17H2,1H3,(H,28,29)/t22-,24+/m0/s1. The Bertz CT molecular complexity index is 990. The van der Waals surface area contributed by atoms with E-state index < -0.39 is 0 Å². The summed E-state index contributed by atoms with van der Waals surface area (Å²) in [6, 6.07) is 18.0. The maximum Gasteiger partial charge on any atom is 0.256 e.